The molecule has 1 atom stereocenters. The monoisotopic (exact) mass is 312 g/mol. The van der Waals surface area contributed by atoms with E-state index in [-0.39, 0.29) is 5.54 Å². The molecule has 3 heteroatoms. The van der Waals surface area contributed by atoms with Crippen LogP contribution in [0.5, 0.6) is 0 Å². The second kappa shape index (κ2) is 9.42. The molecule has 21 heavy (non-hydrogen) atoms. The Hall–Kier alpha value is 0.270. The summed E-state index contributed by atoms with van der Waals surface area (Å²) in [6.45, 7) is 0.852. The van der Waals surface area contributed by atoms with Crippen molar-refractivity contribution in [1.82, 2.24) is 4.90 Å². The summed E-state index contributed by atoms with van der Waals surface area (Å²) in [6, 6.07) is 0.770. The van der Waals surface area contributed by atoms with Gasteiger partial charge in [0.2, 0.25) is 0 Å². The summed E-state index contributed by atoms with van der Waals surface area (Å²) in [5.74, 6) is 2.66. The number of likely N-dealkylation sites (N-methyl/N-ethyl adjacent to an activating group) is 1. The fourth-order valence-corrected chi connectivity index (χ4v) is 5.45. The van der Waals surface area contributed by atoms with Crippen LogP contribution < -0.4 is 5.73 Å². The minimum atomic E-state index is 0.286. The van der Waals surface area contributed by atoms with Crippen LogP contribution in [0.1, 0.15) is 77.0 Å². The average Bonchev–Trinajstić information content (AvgIpc) is 3.02. The van der Waals surface area contributed by atoms with Crippen molar-refractivity contribution in [3.63, 3.8) is 0 Å². The lowest BCUT2D eigenvalue weighted by Gasteiger charge is -2.45. The van der Waals surface area contributed by atoms with E-state index in [4.69, 9.17) is 5.73 Å². The molecule has 124 valence electrons. The predicted molar refractivity (Wildman–Crippen MR) is 96.1 cm³/mol. The largest absolute Gasteiger partial charge is 0.329 e. The van der Waals surface area contributed by atoms with Crippen molar-refractivity contribution in [2.24, 2.45) is 5.73 Å². The van der Waals surface area contributed by atoms with E-state index >= 15 is 0 Å². The van der Waals surface area contributed by atoms with Crippen LogP contribution in [0.3, 0.4) is 0 Å². The summed E-state index contributed by atoms with van der Waals surface area (Å²) in [6.07, 6.45) is 16.8. The van der Waals surface area contributed by atoms with Gasteiger partial charge < -0.3 is 5.73 Å². The minimum Gasteiger partial charge on any atom is -0.329 e. The molecule has 1 heterocycles. The maximum atomic E-state index is 6.34. The summed E-state index contributed by atoms with van der Waals surface area (Å²) < 4.78 is 0. The number of thioether (sulfide) groups is 1. The van der Waals surface area contributed by atoms with Crippen LogP contribution in [0, 0.1) is 0 Å². The zero-order chi connectivity index (χ0) is 15.0. The number of nitrogens with two attached hydrogens (primary N) is 1. The molecule has 0 aromatic heterocycles. The van der Waals surface area contributed by atoms with E-state index in [0.717, 1.165) is 12.6 Å². The van der Waals surface area contributed by atoms with E-state index < -0.39 is 0 Å². The van der Waals surface area contributed by atoms with Gasteiger partial charge >= 0.3 is 0 Å². The van der Waals surface area contributed by atoms with Crippen LogP contribution in [0.15, 0.2) is 0 Å². The molecule has 0 bridgehead atoms. The number of nitrogens with zero attached hydrogens (tertiary/aromatic N) is 1. The third-order valence-corrected chi connectivity index (χ3v) is 7.01. The van der Waals surface area contributed by atoms with Gasteiger partial charge in [-0.05, 0) is 32.1 Å². The molecule has 2 rings (SSSR count). The quantitative estimate of drug-likeness (QED) is 0.836. The lowest BCUT2D eigenvalue weighted by Crippen LogP contribution is -2.56. The first kappa shape index (κ1) is 17.6. The summed E-state index contributed by atoms with van der Waals surface area (Å²) >= 11 is 2.12. The molecule has 1 saturated carbocycles. The first-order valence-corrected chi connectivity index (χ1v) is 10.4. The topological polar surface area (TPSA) is 29.3 Å². The maximum Gasteiger partial charge on any atom is 0.0331 e. The van der Waals surface area contributed by atoms with E-state index in [1.165, 1.54) is 88.6 Å². The third kappa shape index (κ3) is 5.14. The first-order valence-electron chi connectivity index (χ1n) is 9.29. The van der Waals surface area contributed by atoms with Crippen molar-refractivity contribution in [3.8, 4) is 0 Å². The number of rotatable bonds is 3. The van der Waals surface area contributed by atoms with Gasteiger partial charge in [-0.3, -0.25) is 4.90 Å². The Labute approximate surface area is 136 Å². The number of hydrogen-bond acceptors (Lipinski definition) is 3. The van der Waals surface area contributed by atoms with Crippen LogP contribution in [0.2, 0.25) is 0 Å². The van der Waals surface area contributed by atoms with Crippen molar-refractivity contribution < 1.29 is 0 Å². The molecule has 1 aliphatic carbocycles. The maximum absolute atomic E-state index is 6.34. The fraction of sp³-hybridized carbons (Fsp3) is 1.00. The van der Waals surface area contributed by atoms with Gasteiger partial charge in [0.15, 0.2) is 0 Å². The molecule has 2 fully saturated rings. The van der Waals surface area contributed by atoms with E-state index in [1.54, 1.807) is 0 Å². The van der Waals surface area contributed by atoms with Gasteiger partial charge in [0, 0.05) is 23.9 Å². The summed E-state index contributed by atoms with van der Waals surface area (Å²) in [7, 11) is 2.37. The van der Waals surface area contributed by atoms with Crippen molar-refractivity contribution in [2.75, 3.05) is 25.1 Å². The van der Waals surface area contributed by atoms with Gasteiger partial charge in [-0.15, -0.1) is 0 Å². The zero-order valence-electron chi connectivity index (χ0n) is 14.1. The van der Waals surface area contributed by atoms with E-state index in [9.17, 15) is 0 Å². The van der Waals surface area contributed by atoms with Crippen molar-refractivity contribution in [2.45, 2.75) is 88.6 Å². The molecule has 1 aliphatic heterocycles. The van der Waals surface area contributed by atoms with Crippen molar-refractivity contribution in [1.29, 1.82) is 0 Å². The summed E-state index contributed by atoms with van der Waals surface area (Å²) in [5.41, 5.74) is 6.63. The molecule has 0 radical (unpaired) electrons. The smallest absolute Gasteiger partial charge is 0.0331 e. The van der Waals surface area contributed by atoms with Gasteiger partial charge in [0.05, 0.1) is 0 Å². The van der Waals surface area contributed by atoms with Crippen LogP contribution in [-0.2, 0) is 0 Å². The summed E-state index contributed by atoms with van der Waals surface area (Å²) in [4.78, 5) is 2.71. The van der Waals surface area contributed by atoms with Crippen molar-refractivity contribution >= 4 is 11.8 Å². The summed E-state index contributed by atoms with van der Waals surface area (Å²) in [5, 5.41) is 0. The third-order valence-electron chi connectivity index (χ3n) is 5.87. The molecule has 0 spiro atoms. The molecular formula is C18H36N2S. The van der Waals surface area contributed by atoms with E-state index in [0.29, 0.717) is 0 Å². The van der Waals surface area contributed by atoms with Crippen LogP contribution in [0.4, 0.5) is 0 Å². The average molecular weight is 313 g/mol. The predicted octanol–water partition coefficient (Wildman–Crippen LogP) is 4.43. The Balaban J connectivity index is 1.98. The highest BCUT2D eigenvalue weighted by Crippen LogP contribution is 2.34. The van der Waals surface area contributed by atoms with E-state index in [2.05, 4.69) is 23.7 Å². The van der Waals surface area contributed by atoms with Crippen LogP contribution >= 0.6 is 11.8 Å². The normalized spacial score (nSPS) is 29.0. The highest BCUT2D eigenvalue weighted by Gasteiger charge is 2.37. The Morgan fingerprint density at radius 3 is 1.90 bits per heavy atom. The molecule has 1 saturated heterocycles. The second-order valence-corrected chi connectivity index (χ2v) is 8.39. The lowest BCUT2D eigenvalue weighted by molar-refractivity contribution is 0.0649. The standard InChI is InChI=1S/C18H36N2S/c1-20(17-11-14-21-15-17)18(16-19)12-9-7-5-3-2-4-6-8-10-13-18/h17H,2-16,19H2,1H3. The minimum absolute atomic E-state index is 0.286. The molecule has 0 aromatic rings. The molecule has 0 aromatic carbocycles. The molecule has 2 nitrogen and oxygen atoms in total. The Bertz CT molecular complexity index is 264. The fourth-order valence-electron chi connectivity index (χ4n) is 4.19. The first-order chi connectivity index (χ1) is 10.3. The SMILES string of the molecule is CN(C1CCSC1)C1(CN)CCCCCCCCCCC1. The van der Waals surface area contributed by atoms with Gasteiger partial charge in [-0.1, -0.05) is 57.8 Å². The lowest BCUT2D eigenvalue weighted by atomic mass is 9.83. The molecular weight excluding hydrogens is 276 g/mol. The highest BCUT2D eigenvalue weighted by molar-refractivity contribution is 7.99. The molecule has 1 unspecified atom stereocenters. The molecule has 2 N–H and O–H groups in total. The van der Waals surface area contributed by atoms with Gasteiger partial charge in [0.25, 0.3) is 0 Å². The highest BCUT2D eigenvalue weighted by atomic mass is 32.2. The Morgan fingerprint density at radius 2 is 1.48 bits per heavy atom. The second-order valence-electron chi connectivity index (χ2n) is 7.24. The Kier molecular flexibility index (Phi) is 7.90. The van der Waals surface area contributed by atoms with Gasteiger partial charge in [-0.2, -0.15) is 11.8 Å². The zero-order valence-corrected chi connectivity index (χ0v) is 14.9. The van der Waals surface area contributed by atoms with Crippen LogP contribution in [0.25, 0.3) is 0 Å². The van der Waals surface area contributed by atoms with Crippen LogP contribution in [-0.4, -0.2) is 41.6 Å². The van der Waals surface area contributed by atoms with E-state index in [1.807, 2.05) is 0 Å². The van der Waals surface area contributed by atoms with Gasteiger partial charge in [-0.25, -0.2) is 0 Å². The number of hydrogen-bond donors (Lipinski definition) is 1. The van der Waals surface area contributed by atoms with Gasteiger partial charge in [0.1, 0.15) is 0 Å². The molecule has 2 aliphatic rings. The van der Waals surface area contributed by atoms with Crippen molar-refractivity contribution in [3.05, 3.63) is 0 Å². The molecule has 0 amide bonds. The Morgan fingerprint density at radius 1 is 0.952 bits per heavy atom.